The minimum atomic E-state index is 0.629. The quantitative estimate of drug-likeness (QED) is 0.500. The van der Waals surface area contributed by atoms with Crippen LogP contribution in [0.25, 0.3) is 17.1 Å². The van der Waals surface area contributed by atoms with Crippen LogP contribution in [0.2, 0.25) is 0 Å². The Balaban J connectivity index is 2.27. The van der Waals surface area contributed by atoms with Gasteiger partial charge >= 0.3 is 0 Å². The molecule has 2 aromatic carbocycles. The molecular weight excluding hydrogens is 328 g/mol. The number of benzene rings is 2. The van der Waals surface area contributed by atoms with E-state index in [9.17, 15) is 0 Å². The lowest BCUT2D eigenvalue weighted by Gasteiger charge is -2.16. The summed E-state index contributed by atoms with van der Waals surface area (Å²) >= 11 is 0. The van der Waals surface area contributed by atoms with Crippen LogP contribution in [0.15, 0.2) is 54.9 Å². The fourth-order valence-corrected chi connectivity index (χ4v) is 3.96. The molecule has 0 spiro atoms. The smallest absolute Gasteiger partial charge is 0.232 e. The molecule has 0 radical (unpaired) electrons. The molecule has 0 saturated carbocycles. The van der Waals surface area contributed by atoms with Crippen LogP contribution in [-0.2, 0) is 19.9 Å². The molecular formula is C25H33N2+. The highest BCUT2D eigenvalue weighted by molar-refractivity contribution is 5.62. The molecule has 0 atom stereocenters. The van der Waals surface area contributed by atoms with E-state index >= 15 is 0 Å². The zero-order valence-corrected chi connectivity index (χ0v) is 17.7. The Morgan fingerprint density at radius 1 is 0.852 bits per heavy atom. The van der Waals surface area contributed by atoms with Gasteiger partial charge in [0, 0.05) is 0 Å². The Labute approximate surface area is 164 Å². The van der Waals surface area contributed by atoms with Gasteiger partial charge in [0.05, 0.1) is 12.6 Å². The molecule has 27 heavy (non-hydrogen) atoms. The molecule has 0 amide bonds. The van der Waals surface area contributed by atoms with Crippen molar-refractivity contribution < 1.29 is 4.57 Å². The summed E-state index contributed by atoms with van der Waals surface area (Å²) in [5.41, 5.74) is 6.85. The second-order valence-corrected chi connectivity index (χ2v) is 8.54. The third-order valence-corrected chi connectivity index (χ3v) is 5.09. The molecule has 0 fully saturated rings. The number of hydrogen-bond donors (Lipinski definition) is 0. The van der Waals surface area contributed by atoms with Crippen molar-refractivity contribution in [2.45, 2.75) is 47.5 Å². The highest BCUT2D eigenvalue weighted by atomic mass is 15.1. The minimum absolute atomic E-state index is 0.629. The van der Waals surface area contributed by atoms with Crippen LogP contribution in [0.3, 0.4) is 0 Å². The van der Waals surface area contributed by atoms with Gasteiger partial charge in [0.1, 0.15) is 18.1 Å². The first kappa shape index (κ1) is 19.4. The average molecular weight is 362 g/mol. The fourth-order valence-electron chi connectivity index (χ4n) is 3.96. The van der Waals surface area contributed by atoms with Gasteiger partial charge in [0.15, 0.2) is 0 Å². The number of hydrogen-bond acceptors (Lipinski definition) is 0. The van der Waals surface area contributed by atoms with E-state index < -0.39 is 0 Å². The lowest BCUT2D eigenvalue weighted by molar-refractivity contribution is -0.659. The molecule has 0 saturated heterocycles. The first-order valence-electron chi connectivity index (χ1n) is 10.1. The summed E-state index contributed by atoms with van der Waals surface area (Å²) in [6.45, 7) is 11.4. The monoisotopic (exact) mass is 361 g/mol. The largest absolute Gasteiger partial charge is 0.294 e. The fraction of sp³-hybridized carbons (Fsp3) is 0.400. The molecule has 0 aliphatic carbocycles. The minimum Gasteiger partial charge on any atom is -0.232 e. The number of aryl methyl sites for hydroxylation is 2. The first-order valence-corrected chi connectivity index (χ1v) is 10.1. The second kappa shape index (κ2) is 8.12. The van der Waals surface area contributed by atoms with Crippen molar-refractivity contribution in [3.63, 3.8) is 0 Å². The van der Waals surface area contributed by atoms with Gasteiger partial charge < -0.3 is 0 Å². The Kier molecular flexibility index (Phi) is 5.84. The van der Waals surface area contributed by atoms with Crippen LogP contribution in [0.1, 0.15) is 44.4 Å². The lowest BCUT2D eigenvalue weighted by atomic mass is 9.94. The lowest BCUT2D eigenvalue weighted by Crippen LogP contribution is -2.29. The number of para-hydroxylation sites is 1. The summed E-state index contributed by atoms with van der Waals surface area (Å²) < 4.78 is 4.66. The van der Waals surface area contributed by atoms with Crippen LogP contribution in [0.5, 0.6) is 0 Å². The van der Waals surface area contributed by atoms with Crippen molar-refractivity contribution in [3.05, 3.63) is 71.5 Å². The van der Waals surface area contributed by atoms with Crippen LogP contribution in [0.4, 0.5) is 0 Å². The summed E-state index contributed by atoms with van der Waals surface area (Å²) in [7, 11) is 2.14. The molecule has 0 aliphatic heterocycles. The highest BCUT2D eigenvalue weighted by Crippen LogP contribution is 2.30. The van der Waals surface area contributed by atoms with Crippen molar-refractivity contribution in [2.24, 2.45) is 18.9 Å². The average Bonchev–Trinajstić information content (AvgIpc) is 2.96. The maximum atomic E-state index is 2.41. The van der Waals surface area contributed by atoms with E-state index in [1.807, 2.05) is 0 Å². The van der Waals surface area contributed by atoms with Crippen molar-refractivity contribution in [1.82, 2.24) is 4.57 Å². The normalized spacial score (nSPS) is 11.6. The van der Waals surface area contributed by atoms with Crippen molar-refractivity contribution in [3.8, 4) is 17.1 Å². The Hall–Kier alpha value is -2.35. The van der Waals surface area contributed by atoms with E-state index in [2.05, 4.69) is 106 Å². The summed E-state index contributed by atoms with van der Waals surface area (Å²) in [6, 6.07) is 15.5. The third kappa shape index (κ3) is 4.16. The number of rotatable bonds is 6. The topological polar surface area (TPSA) is 8.81 Å². The number of nitrogens with zero attached hydrogens (tertiary/aromatic N) is 2. The van der Waals surface area contributed by atoms with Gasteiger partial charge in [0.25, 0.3) is 5.82 Å². The first-order chi connectivity index (χ1) is 12.9. The highest BCUT2D eigenvalue weighted by Gasteiger charge is 2.25. The second-order valence-electron chi connectivity index (χ2n) is 8.54. The predicted octanol–water partition coefficient (Wildman–Crippen LogP) is 5.67. The zero-order valence-electron chi connectivity index (χ0n) is 17.7. The van der Waals surface area contributed by atoms with Crippen LogP contribution in [-0.4, -0.2) is 4.57 Å². The molecule has 0 unspecified atom stereocenters. The molecule has 0 bridgehead atoms. The SMILES string of the molecule is Cc1ccccc1-c1n(-c2c(CC(C)C)cccc2CC(C)C)cc[n+]1C. The van der Waals surface area contributed by atoms with Gasteiger partial charge in [0.2, 0.25) is 0 Å². The molecule has 0 aliphatic rings. The maximum absolute atomic E-state index is 2.41. The van der Waals surface area contributed by atoms with Gasteiger partial charge in [-0.15, -0.1) is 0 Å². The van der Waals surface area contributed by atoms with E-state index in [-0.39, 0.29) is 0 Å². The van der Waals surface area contributed by atoms with Crippen LogP contribution >= 0.6 is 0 Å². The number of aromatic nitrogens is 2. The van der Waals surface area contributed by atoms with E-state index in [1.54, 1.807) is 0 Å². The van der Waals surface area contributed by atoms with Crippen molar-refractivity contribution in [1.29, 1.82) is 0 Å². The van der Waals surface area contributed by atoms with Crippen LogP contribution in [0, 0.1) is 18.8 Å². The zero-order chi connectivity index (χ0) is 19.6. The van der Waals surface area contributed by atoms with E-state index in [4.69, 9.17) is 0 Å². The maximum Gasteiger partial charge on any atom is 0.294 e. The molecule has 0 N–H and O–H groups in total. The van der Waals surface area contributed by atoms with Gasteiger partial charge in [-0.3, -0.25) is 0 Å². The van der Waals surface area contributed by atoms with Crippen molar-refractivity contribution >= 4 is 0 Å². The van der Waals surface area contributed by atoms with Gasteiger partial charge in [-0.05, 0) is 54.4 Å². The molecule has 3 aromatic rings. The molecule has 2 nitrogen and oxygen atoms in total. The van der Waals surface area contributed by atoms with Crippen molar-refractivity contribution in [2.75, 3.05) is 0 Å². The Morgan fingerprint density at radius 2 is 1.44 bits per heavy atom. The summed E-state index contributed by atoms with van der Waals surface area (Å²) in [6.07, 6.45) is 6.59. The third-order valence-electron chi connectivity index (χ3n) is 5.09. The molecule has 1 aromatic heterocycles. The molecule has 3 rings (SSSR count). The van der Waals surface area contributed by atoms with Gasteiger partial charge in [-0.1, -0.05) is 64.1 Å². The Morgan fingerprint density at radius 3 is 2.00 bits per heavy atom. The molecule has 2 heteroatoms. The standard InChI is InChI=1S/C25H33N2/c1-18(2)16-21-11-9-12-22(17-19(3)4)24(21)27-15-14-26(6)25(27)23-13-8-7-10-20(23)5/h7-15,18-19H,16-17H2,1-6H3/q+1. The molecule has 142 valence electrons. The van der Waals surface area contributed by atoms with Gasteiger partial charge in [-0.25, -0.2) is 4.57 Å². The van der Waals surface area contributed by atoms with E-state index in [0.717, 1.165) is 12.8 Å². The summed E-state index contributed by atoms with van der Waals surface area (Å²) in [4.78, 5) is 0. The predicted molar refractivity (Wildman–Crippen MR) is 114 cm³/mol. The van der Waals surface area contributed by atoms with E-state index in [1.165, 1.54) is 33.8 Å². The Bertz CT molecular complexity index is 888. The summed E-state index contributed by atoms with van der Waals surface area (Å²) in [5, 5.41) is 0. The number of imidazole rings is 1. The molecule has 1 heterocycles. The van der Waals surface area contributed by atoms with Gasteiger partial charge in [-0.2, -0.15) is 4.57 Å². The van der Waals surface area contributed by atoms with E-state index in [0.29, 0.717) is 11.8 Å². The van der Waals surface area contributed by atoms with Crippen LogP contribution < -0.4 is 4.57 Å². The summed E-state index contributed by atoms with van der Waals surface area (Å²) in [5.74, 6) is 2.50.